The summed E-state index contributed by atoms with van der Waals surface area (Å²) < 4.78 is 0.286. The van der Waals surface area contributed by atoms with Crippen molar-refractivity contribution in [2.45, 2.75) is 32.1 Å². The summed E-state index contributed by atoms with van der Waals surface area (Å²) in [5.74, 6) is 0. The number of benzene rings is 1. The van der Waals surface area contributed by atoms with E-state index in [1.807, 2.05) is 24.8 Å². The standard InChI is InChI=1S/C13H20ClNS/c1-10-5-6-11(7-12(10)14)8-15-9-13(2,3)16-4/h5-7,15H,8-9H2,1-4H3. The fourth-order valence-corrected chi connectivity index (χ4v) is 1.78. The number of aryl methyl sites for hydroxylation is 1. The van der Waals surface area contributed by atoms with Crippen LogP contribution >= 0.6 is 23.4 Å². The summed E-state index contributed by atoms with van der Waals surface area (Å²) in [6.45, 7) is 8.39. The van der Waals surface area contributed by atoms with Gasteiger partial charge in [-0.1, -0.05) is 23.7 Å². The first-order chi connectivity index (χ1) is 7.44. The molecule has 0 aliphatic carbocycles. The van der Waals surface area contributed by atoms with Crippen molar-refractivity contribution in [3.63, 3.8) is 0 Å². The van der Waals surface area contributed by atoms with Crippen LogP contribution in [0.25, 0.3) is 0 Å². The minimum absolute atomic E-state index is 0.286. The third-order valence-electron chi connectivity index (χ3n) is 2.67. The zero-order chi connectivity index (χ0) is 12.2. The van der Waals surface area contributed by atoms with E-state index in [2.05, 4.69) is 37.6 Å². The van der Waals surface area contributed by atoms with Crippen molar-refractivity contribution < 1.29 is 0 Å². The van der Waals surface area contributed by atoms with Crippen LogP contribution in [0.2, 0.25) is 5.02 Å². The molecule has 3 heteroatoms. The van der Waals surface area contributed by atoms with Crippen LogP contribution in [0.5, 0.6) is 0 Å². The molecule has 0 saturated carbocycles. The van der Waals surface area contributed by atoms with Gasteiger partial charge in [0.25, 0.3) is 0 Å². The van der Waals surface area contributed by atoms with Gasteiger partial charge in [0, 0.05) is 22.9 Å². The van der Waals surface area contributed by atoms with Crippen LogP contribution in [-0.2, 0) is 6.54 Å². The third-order valence-corrected chi connectivity index (χ3v) is 4.33. The van der Waals surface area contributed by atoms with Gasteiger partial charge in [0.15, 0.2) is 0 Å². The molecule has 0 spiro atoms. The van der Waals surface area contributed by atoms with E-state index in [0.717, 1.165) is 23.7 Å². The number of halogens is 1. The molecule has 0 heterocycles. The molecule has 0 aliphatic rings. The summed E-state index contributed by atoms with van der Waals surface area (Å²) in [7, 11) is 0. The van der Waals surface area contributed by atoms with Crippen molar-refractivity contribution in [1.29, 1.82) is 0 Å². The molecular weight excluding hydrogens is 238 g/mol. The van der Waals surface area contributed by atoms with Crippen LogP contribution in [0.4, 0.5) is 0 Å². The molecule has 1 rings (SSSR count). The lowest BCUT2D eigenvalue weighted by molar-refractivity contribution is 0.591. The van der Waals surface area contributed by atoms with Gasteiger partial charge in [0.1, 0.15) is 0 Å². The van der Waals surface area contributed by atoms with Crippen LogP contribution in [0.3, 0.4) is 0 Å². The SMILES string of the molecule is CSC(C)(C)CNCc1ccc(C)c(Cl)c1. The van der Waals surface area contributed by atoms with Gasteiger partial charge in [-0.3, -0.25) is 0 Å². The molecule has 1 aromatic carbocycles. The topological polar surface area (TPSA) is 12.0 Å². The zero-order valence-electron chi connectivity index (χ0n) is 10.4. The van der Waals surface area contributed by atoms with Crippen LogP contribution in [0, 0.1) is 6.92 Å². The average molecular weight is 258 g/mol. The highest BCUT2D eigenvalue weighted by molar-refractivity contribution is 7.99. The molecule has 0 unspecified atom stereocenters. The molecule has 0 amide bonds. The van der Waals surface area contributed by atoms with E-state index in [1.54, 1.807) is 0 Å². The highest BCUT2D eigenvalue weighted by Gasteiger charge is 2.14. The predicted molar refractivity (Wildman–Crippen MR) is 75.5 cm³/mol. The number of rotatable bonds is 5. The van der Waals surface area contributed by atoms with Crippen molar-refractivity contribution in [2.75, 3.05) is 12.8 Å². The molecule has 0 aliphatic heterocycles. The number of thioether (sulfide) groups is 1. The monoisotopic (exact) mass is 257 g/mol. The van der Waals surface area contributed by atoms with Crippen molar-refractivity contribution in [2.24, 2.45) is 0 Å². The maximum absolute atomic E-state index is 6.08. The summed E-state index contributed by atoms with van der Waals surface area (Å²) in [4.78, 5) is 0. The number of hydrogen-bond donors (Lipinski definition) is 1. The Labute approximate surface area is 108 Å². The molecule has 1 nitrogen and oxygen atoms in total. The largest absolute Gasteiger partial charge is 0.311 e. The molecular formula is C13H20ClNS. The smallest absolute Gasteiger partial charge is 0.0438 e. The number of hydrogen-bond acceptors (Lipinski definition) is 2. The van der Waals surface area contributed by atoms with Gasteiger partial charge < -0.3 is 5.32 Å². The van der Waals surface area contributed by atoms with Gasteiger partial charge in [-0.2, -0.15) is 11.8 Å². The molecule has 0 saturated heterocycles. The first-order valence-corrected chi connectivity index (χ1v) is 7.06. The fraction of sp³-hybridized carbons (Fsp3) is 0.538. The van der Waals surface area contributed by atoms with E-state index in [-0.39, 0.29) is 4.75 Å². The Morgan fingerprint density at radius 3 is 2.62 bits per heavy atom. The molecule has 0 bridgehead atoms. The van der Waals surface area contributed by atoms with E-state index >= 15 is 0 Å². The minimum Gasteiger partial charge on any atom is -0.311 e. The van der Waals surface area contributed by atoms with E-state index < -0.39 is 0 Å². The summed E-state index contributed by atoms with van der Waals surface area (Å²) in [5.41, 5.74) is 2.38. The van der Waals surface area contributed by atoms with E-state index in [0.29, 0.717) is 0 Å². The second kappa shape index (κ2) is 5.95. The molecule has 0 radical (unpaired) electrons. The molecule has 0 aromatic heterocycles. The summed E-state index contributed by atoms with van der Waals surface area (Å²) in [6, 6.07) is 6.23. The first-order valence-electron chi connectivity index (χ1n) is 5.45. The van der Waals surface area contributed by atoms with Crippen LogP contribution in [-0.4, -0.2) is 17.5 Å². The molecule has 1 N–H and O–H groups in total. The maximum atomic E-state index is 6.08. The molecule has 0 atom stereocenters. The highest BCUT2D eigenvalue weighted by Crippen LogP contribution is 2.20. The van der Waals surface area contributed by atoms with Crippen molar-refractivity contribution in [3.05, 3.63) is 34.3 Å². The van der Waals surface area contributed by atoms with Gasteiger partial charge in [0.2, 0.25) is 0 Å². The maximum Gasteiger partial charge on any atom is 0.0438 e. The molecule has 16 heavy (non-hydrogen) atoms. The summed E-state index contributed by atoms with van der Waals surface area (Å²) in [5, 5.41) is 4.31. The van der Waals surface area contributed by atoms with Crippen LogP contribution in [0.15, 0.2) is 18.2 Å². The van der Waals surface area contributed by atoms with E-state index in [4.69, 9.17) is 11.6 Å². The van der Waals surface area contributed by atoms with Crippen LogP contribution in [0.1, 0.15) is 25.0 Å². The third kappa shape index (κ3) is 4.36. The number of nitrogens with one attached hydrogen (secondary N) is 1. The lowest BCUT2D eigenvalue weighted by atomic mass is 10.1. The Bertz CT molecular complexity index is 350. The van der Waals surface area contributed by atoms with Crippen molar-refractivity contribution >= 4 is 23.4 Å². The average Bonchev–Trinajstić information content (AvgIpc) is 2.23. The lowest BCUT2D eigenvalue weighted by Crippen LogP contribution is -2.31. The van der Waals surface area contributed by atoms with Gasteiger partial charge in [-0.25, -0.2) is 0 Å². The zero-order valence-corrected chi connectivity index (χ0v) is 12.0. The van der Waals surface area contributed by atoms with E-state index in [9.17, 15) is 0 Å². The highest BCUT2D eigenvalue weighted by atomic mass is 35.5. The first kappa shape index (κ1) is 13.9. The normalized spacial score (nSPS) is 11.8. The summed E-state index contributed by atoms with van der Waals surface area (Å²) in [6.07, 6.45) is 2.14. The lowest BCUT2D eigenvalue weighted by Gasteiger charge is -2.22. The minimum atomic E-state index is 0.286. The Balaban J connectivity index is 2.46. The van der Waals surface area contributed by atoms with Crippen LogP contribution < -0.4 is 5.32 Å². The second-order valence-corrected chi connectivity index (χ2v) is 6.57. The predicted octanol–water partition coefficient (Wildman–Crippen LogP) is 3.88. The Morgan fingerprint density at radius 1 is 1.38 bits per heavy atom. The van der Waals surface area contributed by atoms with Gasteiger partial charge in [-0.15, -0.1) is 0 Å². The fourth-order valence-electron chi connectivity index (χ4n) is 1.33. The van der Waals surface area contributed by atoms with Gasteiger partial charge in [0.05, 0.1) is 0 Å². The Morgan fingerprint density at radius 2 is 2.06 bits per heavy atom. The Hall–Kier alpha value is -0.180. The van der Waals surface area contributed by atoms with Crippen molar-refractivity contribution in [3.8, 4) is 0 Å². The molecule has 90 valence electrons. The van der Waals surface area contributed by atoms with Gasteiger partial charge in [-0.05, 0) is 44.2 Å². The van der Waals surface area contributed by atoms with E-state index in [1.165, 1.54) is 5.56 Å². The van der Waals surface area contributed by atoms with Crippen molar-refractivity contribution in [1.82, 2.24) is 5.32 Å². The summed E-state index contributed by atoms with van der Waals surface area (Å²) >= 11 is 7.96. The molecule has 1 aromatic rings. The second-order valence-electron chi connectivity index (χ2n) is 4.65. The Kier molecular flexibility index (Phi) is 5.16. The van der Waals surface area contributed by atoms with Gasteiger partial charge >= 0.3 is 0 Å². The molecule has 0 fully saturated rings. The quantitative estimate of drug-likeness (QED) is 0.859.